The molecule has 0 aliphatic heterocycles. The lowest BCUT2D eigenvalue weighted by Gasteiger charge is -2.66. The van der Waals surface area contributed by atoms with Gasteiger partial charge in [-0.25, -0.2) is 0 Å². The van der Waals surface area contributed by atoms with E-state index in [0.29, 0.717) is 29.6 Å². The Bertz CT molecular complexity index is 659. The number of hydrogen-bond acceptors (Lipinski definition) is 3. The summed E-state index contributed by atoms with van der Waals surface area (Å²) in [5.41, 5.74) is 0.346. The number of fused-ring (bicyclic) bond motifs is 5. The molecule has 0 saturated heterocycles. The van der Waals surface area contributed by atoms with Crippen LogP contribution in [0.5, 0.6) is 0 Å². The normalized spacial score (nSPS) is 48.3. The van der Waals surface area contributed by atoms with Gasteiger partial charge in [0, 0.05) is 18.3 Å². The van der Waals surface area contributed by atoms with Crippen molar-refractivity contribution in [1.29, 1.82) is 0 Å². The minimum Gasteiger partial charge on any atom is -0.481 e. The van der Waals surface area contributed by atoms with Crippen LogP contribution in [-0.2, 0) is 4.79 Å². The van der Waals surface area contributed by atoms with Crippen LogP contribution in [0.15, 0.2) is 0 Å². The van der Waals surface area contributed by atoms with Crippen molar-refractivity contribution in [2.75, 3.05) is 0 Å². The highest BCUT2D eigenvalue weighted by atomic mass is 16.5. The molecule has 0 amide bonds. The zero-order valence-corrected chi connectivity index (χ0v) is 19.6. The van der Waals surface area contributed by atoms with Crippen LogP contribution in [0.4, 0.5) is 0 Å². The molecule has 4 rings (SSSR count). The third kappa shape index (κ3) is 3.18. The summed E-state index contributed by atoms with van der Waals surface area (Å²) in [4.78, 5) is 11.1. The van der Waals surface area contributed by atoms with Crippen LogP contribution in [0.3, 0.4) is 0 Å². The van der Waals surface area contributed by atoms with Crippen molar-refractivity contribution in [3.05, 3.63) is 0 Å². The summed E-state index contributed by atoms with van der Waals surface area (Å²) in [6, 6.07) is 0. The van der Waals surface area contributed by atoms with Crippen molar-refractivity contribution < 1.29 is 20.1 Å². The van der Waals surface area contributed by atoms with Crippen LogP contribution in [0.25, 0.3) is 0 Å². The molecule has 0 radical (unpaired) electrons. The van der Waals surface area contributed by atoms with Crippen LogP contribution in [0.2, 0.25) is 0 Å². The molecule has 9 atom stereocenters. The fourth-order valence-corrected chi connectivity index (χ4v) is 9.63. The lowest BCUT2D eigenvalue weighted by atomic mass is 9.40. The van der Waals surface area contributed by atoms with E-state index in [-0.39, 0.29) is 29.1 Å². The predicted octanol–water partition coefficient (Wildman–Crippen LogP) is 5.46. The number of aliphatic carboxylic acids is 1. The zero-order chi connectivity index (χ0) is 21.9. The molecule has 4 nitrogen and oxygen atoms in total. The smallest absolute Gasteiger partial charge is 0.303 e. The lowest BCUT2D eigenvalue weighted by molar-refractivity contribution is -0.334. The number of carboxylic acid groups (broad SMARTS) is 1. The second-order valence-electron chi connectivity index (χ2n) is 12.0. The highest BCUT2D eigenvalue weighted by Crippen LogP contribution is 2.71. The van der Waals surface area contributed by atoms with E-state index in [0.717, 1.165) is 44.9 Å². The predicted molar refractivity (Wildman–Crippen MR) is 118 cm³/mol. The van der Waals surface area contributed by atoms with Gasteiger partial charge in [0.1, 0.15) is 0 Å². The van der Waals surface area contributed by atoms with Crippen molar-refractivity contribution in [2.24, 2.45) is 52.3 Å². The van der Waals surface area contributed by atoms with Crippen molar-refractivity contribution >= 4 is 5.97 Å². The van der Waals surface area contributed by atoms with Crippen molar-refractivity contribution in [2.45, 2.75) is 104 Å². The molecule has 0 aromatic rings. The third-order valence-corrected chi connectivity index (χ3v) is 11.0. The van der Waals surface area contributed by atoms with Gasteiger partial charge in [0.05, 0.1) is 0 Å². The van der Waals surface area contributed by atoms with E-state index in [1.807, 2.05) is 0 Å². The molecule has 3 N–H and O–H groups in total. The van der Waals surface area contributed by atoms with Crippen LogP contribution >= 0.6 is 0 Å². The Morgan fingerprint density at radius 1 is 0.967 bits per heavy atom. The van der Waals surface area contributed by atoms with Crippen molar-refractivity contribution in [1.82, 2.24) is 0 Å². The first-order valence-corrected chi connectivity index (χ1v) is 12.7. The fourth-order valence-electron chi connectivity index (χ4n) is 9.63. The molecule has 0 unspecified atom stereocenters. The number of hydrogen-bond donors (Lipinski definition) is 3. The zero-order valence-electron chi connectivity index (χ0n) is 19.6. The monoisotopic (exact) mass is 420 g/mol. The van der Waals surface area contributed by atoms with Gasteiger partial charge < -0.3 is 15.3 Å². The summed E-state index contributed by atoms with van der Waals surface area (Å²) in [5, 5.41) is 32.6. The van der Waals surface area contributed by atoms with Crippen LogP contribution in [0.1, 0.15) is 98.3 Å². The summed E-state index contributed by atoms with van der Waals surface area (Å²) in [6.45, 7) is 9.26. The molecular formula is C26H44O4. The minimum absolute atomic E-state index is 0.0186. The Morgan fingerprint density at radius 2 is 1.67 bits per heavy atom. The molecule has 0 aromatic carbocycles. The number of carbonyl (C=O) groups is 1. The summed E-state index contributed by atoms with van der Waals surface area (Å²) in [6.07, 6.45) is 11.2. The molecule has 0 spiro atoms. The lowest BCUT2D eigenvalue weighted by Crippen LogP contribution is -2.67. The second-order valence-corrected chi connectivity index (χ2v) is 12.0. The first-order chi connectivity index (χ1) is 14.1. The number of carboxylic acids is 1. The van der Waals surface area contributed by atoms with E-state index in [4.69, 9.17) is 5.11 Å². The van der Waals surface area contributed by atoms with E-state index in [9.17, 15) is 15.0 Å². The van der Waals surface area contributed by atoms with Gasteiger partial charge >= 0.3 is 5.97 Å². The molecule has 4 aliphatic rings. The highest BCUT2D eigenvalue weighted by Gasteiger charge is 2.68. The molecule has 4 aliphatic carbocycles. The first kappa shape index (κ1) is 22.6. The molecule has 30 heavy (non-hydrogen) atoms. The second kappa shape index (κ2) is 7.76. The van der Waals surface area contributed by atoms with E-state index in [1.165, 1.54) is 19.3 Å². The van der Waals surface area contributed by atoms with E-state index in [1.54, 1.807) is 0 Å². The Hall–Kier alpha value is -0.610. The standard InChI is InChI=1S/C26H44O4/c1-5-17-19-8-6-7-14-24(19,3)21-13-15-25(4)18(16(2)9-12-22(27)28)10-11-20(25)23(21)26(17,29)30/h16-21,23,29-30H,5-15H2,1-4H3,(H,27,28)/t16-,17-,18-,19+,20+,21+,23+,24+,25-/m1/s1. The summed E-state index contributed by atoms with van der Waals surface area (Å²) in [7, 11) is 0. The SMILES string of the molecule is CC[C@@H]1[C@@H]2CCCC[C@]2(C)[C@H]2CC[C@]3(C)[C@@H]([C@H](C)CCC(=O)O)CC[C@H]3[C@@H]2C1(O)O. The highest BCUT2D eigenvalue weighted by molar-refractivity contribution is 5.66. The topological polar surface area (TPSA) is 77.8 Å². The third-order valence-electron chi connectivity index (χ3n) is 11.0. The largest absolute Gasteiger partial charge is 0.481 e. The quantitative estimate of drug-likeness (QED) is 0.516. The Labute approximate surface area is 182 Å². The van der Waals surface area contributed by atoms with Crippen LogP contribution in [0, 0.1) is 52.3 Å². The van der Waals surface area contributed by atoms with Gasteiger partial charge in [-0.05, 0) is 91.8 Å². The van der Waals surface area contributed by atoms with Gasteiger partial charge in [0.25, 0.3) is 0 Å². The molecule has 172 valence electrons. The number of rotatable bonds is 5. The van der Waals surface area contributed by atoms with Crippen molar-refractivity contribution in [3.8, 4) is 0 Å². The molecular weight excluding hydrogens is 376 g/mol. The molecule has 4 saturated carbocycles. The maximum absolute atomic E-state index is 11.7. The van der Waals surface area contributed by atoms with Crippen LogP contribution < -0.4 is 0 Å². The van der Waals surface area contributed by atoms with Gasteiger partial charge in [-0.2, -0.15) is 0 Å². The fraction of sp³-hybridized carbons (Fsp3) is 0.962. The van der Waals surface area contributed by atoms with Gasteiger partial charge in [0.2, 0.25) is 0 Å². The average molecular weight is 421 g/mol. The number of aliphatic hydroxyl groups is 2. The average Bonchev–Trinajstić information content (AvgIpc) is 3.03. The Morgan fingerprint density at radius 3 is 2.33 bits per heavy atom. The maximum Gasteiger partial charge on any atom is 0.303 e. The molecule has 0 heterocycles. The van der Waals surface area contributed by atoms with Gasteiger partial charge in [0.15, 0.2) is 5.79 Å². The molecule has 4 fully saturated rings. The summed E-state index contributed by atoms with van der Waals surface area (Å²) in [5.74, 6) is -0.255. The molecule has 0 bridgehead atoms. The van der Waals surface area contributed by atoms with E-state index >= 15 is 0 Å². The van der Waals surface area contributed by atoms with Gasteiger partial charge in [-0.1, -0.05) is 40.5 Å². The maximum atomic E-state index is 11.7. The van der Waals surface area contributed by atoms with Gasteiger partial charge in [-0.3, -0.25) is 4.79 Å². The van der Waals surface area contributed by atoms with Crippen molar-refractivity contribution in [3.63, 3.8) is 0 Å². The van der Waals surface area contributed by atoms with E-state index < -0.39 is 11.8 Å². The summed E-state index contributed by atoms with van der Waals surface area (Å²) < 4.78 is 0. The molecule has 0 aromatic heterocycles. The Balaban J connectivity index is 1.66. The summed E-state index contributed by atoms with van der Waals surface area (Å²) >= 11 is 0. The minimum atomic E-state index is -1.56. The Kier molecular flexibility index (Phi) is 5.84. The van der Waals surface area contributed by atoms with E-state index in [2.05, 4.69) is 27.7 Å². The molecule has 4 heteroatoms. The first-order valence-electron chi connectivity index (χ1n) is 12.7. The van der Waals surface area contributed by atoms with Crippen LogP contribution in [-0.4, -0.2) is 27.1 Å². The van der Waals surface area contributed by atoms with Gasteiger partial charge in [-0.15, -0.1) is 0 Å².